The van der Waals surface area contributed by atoms with Crippen LogP contribution in [0.25, 0.3) is 0 Å². The average molecular weight is 445 g/mol. The van der Waals surface area contributed by atoms with Crippen LogP contribution in [-0.4, -0.2) is 45.5 Å². The molecule has 0 saturated carbocycles. The van der Waals surface area contributed by atoms with E-state index in [9.17, 15) is 19.5 Å². The summed E-state index contributed by atoms with van der Waals surface area (Å²) in [5.41, 5.74) is -3.90. The Balaban J connectivity index is 1.53. The first kappa shape index (κ1) is 22.9. The van der Waals surface area contributed by atoms with Gasteiger partial charge >= 0.3 is 5.97 Å². The summed E-state index contributed by atoms with van der Waals surface area (Å²) in [4.78, 5) is 39.2. The number of aliphatic hydroxyl groups is 1. The van der Waals surface area contributed by atoms with Crippen molar-refractivity contribution < 1.29 is 33.7 Å². The van der Waals surface area contributed by atoms with Gasteiger partial charge in [-0.2, -0.15) is 0 Å². The number of carbonyl (C=O) groups excluding carboxylic acids is 3. The fourth-order valence-corrected chi connectivity index (χ4v) is 5.23. The Morgan fingerprint density at radius 2 is 1.78 bits per heavy atom. The van der Waals surface area contributed by atoms with E-state index in [1.165, 1.54) is 38.5 Å². The van der Waals surface area contributed by atoms with Crippen LogP contribution in [0, 0.1) is 0 Å². The van der Waals surface area contributed by atoms with Crippen LogP contribution in [0.2, 0.25) is 0 Å². The molecular weight excluding hydrogens is 412 g/mol. The molecule has 2 saturated heterocycles. The first-order chi connectivity index (χ1) is 15.2. The first-order valence-electron chi connectivity index (χ1n) is 11.7. The predicted octanol–water partition coefficient (Wildman–Crippen LogP) is 3.60. The monoisotopic (exact) mass is 444 g/mol. The minimum atomic E-state index is -1.79. The third kappa shape index (κ3) is 3.20. The number of rotatable bonds is 11. The second kappa shape index (κ2) is 8.27. The van der Waals surface area contributed by atoms with Crippen LogP contribution in [0.15, 0.2) is 35.3 Å². The highest BCUT2D eigenvalue weighted by Crippen LogP contribution is 2.69. The van der Waals surface area contributed by atoms with Crippen LogP contribution in [0.1, 0.15) is 78.6 Å². The summed E-state index contributed by atoms with van der Waals surface area (Å²) in [5.74, 6) is -1.06. The summed E-state index contributed by atoms with van der Waals surface area (Å²) < 4.78 is 17.2. The van der Waals surface area contributed by atoms with Gasteiger partial charge in [-0.1, -0.05) is 45.4 Å². The lowest BCUT2D eigenvalue weighted by Gasteiger charge is -2.35. The van der Waals surface area contributed by atoms with E-state index in [1.54, 1.807) is 13.0 Å². The molecule has 1 spiro atoms. The molecule has 3 aliphatic heterocycles. The van der Waals surface area contributed by atoms with Crippen molar-refractivity contribution in [3.8, 4) is 0 Å². The molecule has 4 aliphatic rings. The van der Waals surface area contributed by atoms with Gasteiger partial charge in [0.2, 0.25) is 11.4 Å². The van der Waals surface area contributed by atoms with Gasteiger partial charge in [-0.05, 0) is 38.0 Å². The highest BCUT2D eigenvalue weighted by molar-refractivity contribution is 6.21. The summed E-state index contributed by atoms with van der Waals surface area (Å²) in [6.07, 6.45) is 11.7. The van der Waals surface area contributed by atoms with Gasteiger partial charge in [-0.15, -0.1) is 0 Å². The maximum Gasteiger partial charge on any atom is 0.351 e. The fraction of sp³-hybridized carbons (Fsp3) is 0.640. The molecule has 32 heavy (non-hydrogen) atoms. The predicted molar refractivity (Wildman–Crippen MR) is 115 cm³/mol. The number of epoxide rings is 1. The number of fused-ring (bicyclic) bond motifs is 1. The average Bonchev–Trinajstić information content (AvgIpc) is 3.39. The van der Waals surface area contributed by atoms with Crippen LogP contribution < -0.4 is 0 Å². The largest absolute Gasteiger partial charge is 0.469 e. The maximum absolute atomic E-state index is 13.3. The molecule has 3 heterocycles. The molecule has 0 bridgehead atoms. The Morgan fingerprint density at radius 3 is 2.47 bits per heavy atom. The molecule has 0 aromatic carbocycles. The number of ether oxygens (including phenoxy) is 3. The molecule has 0 unspecified atom stereocenters. The lowest BCUT2D eigenvalue weighted by molar-refractivity contribution is -0.171. The molecule has 7 nitrogen and oxygen atoms in total. The van der Waals surface area contributed by atoms with E-state index < -0.39 is 34.7 Å². The zero-order chi connectivity index (χ0) is 23.1. The van der Waals surface area contributed by atoms with E-state index in [0.717, 1.165) is 19.3 Å². The molecular formula is C25H32O7. The maximum atomic E-state index is 13.3. The van der Waals surface area contributed by atoms with E-state index in [-0.39, 0.29) is 18.6 Å². The molecule has 0 amide bonds. The second-order valence-corrected chi connectivity index (χ2v) is 9.46. The number of carbonyl (C=O) groups is 3. The first-order valence-corrected chi connectivity index (χ1v) is 11.7. The van der Waals surface area contributed by atoms with Crippen molar-refractivity contribution in [3.05, 3.63) is 35.3 Å². The van der Waals surface area contributed by atoms with Crippen LogP contribution in [0.3, 0.4) is 0 Å². The molecule has 1 aliphatic carbocycles. The summed E-state index contributed by atoms with van der Waals surface area (Å²) in [7, 11) is 0. The van der Waals surface area contributed by atoms with E-state index in [0.29, 0.717) is 23.3 Å². The third-order valence-electron chi connectivity index (χ3n) is 7.00. The van der Waals surface area contributed by atoms with Crippen LogP contribution >= 0.6 is 0 Å². The van der Waals surface area contributed by atoms with E-state index >= 15 is 0 Å². The second-order valence-electron chi connectivity index (χ2n) is 9.46. The number of Topliss-reactive ketones (excluding diaryl/α,β-unsaturated/α-hetero) is 1. The van der Waals surface area contributed by atoms with Gasteiger partial charge in [0.1, 0.15) is 5.76 Å². The standard InChI is InChI=1S/C25H32O7/c1-4-5-6-7-8-9-10-11-20(27)24-22(29)31-23(3)21(28)14-17-13-18(12-16(2)26)30-15-19(17)25(23,24)32-24/h13-16,26H,4-12H2,1-3H3/t16-,23-,24-,25+/m0/s1. The Bertz CT molecular complexity index is 927. The van der Waals surface area contributed by atoms with E-state index in [1.807, 2.05) is 0 Å². The van der Waals surface area contributed by atoms with Crippen molar-refractivity contribution in [3.63, 3.8) is 0 Å². The number of aliphatic hydroxyl groups excluding tert-OH is 1. The lowest BCUT2D eigenvalue weighted by Crippen LogP contribution is -2.54. The van der Waals surface area contributed by atoms with Crippen LogP contribution in [0.4, 0.5) is 0 Å². The van der Waals surface area contributed by atoms with Crippen LogP contribution in [0.5, 0.6) is 0 Å². The Morgan fingerprint density at radius 1 is 1.09 bits per heavy atom. The van der Waals surface area contributed by atoms with Gasteiger partial charge in [0.15, 0.2) is 11.4 Å². The molecule has 1 N–H and O–H groups in total. The molecule has 0 radical (unpaired) electrons. The highest BCUT2D eigenvalue weighted by atomic mass is 16.7. The quantitative estimate of drug-likeness (QED) is 0.225. The SMILES string of the molecule is CCCCCCCCCC(=O)[C@@]12O[C@@]13C1=COC(C[C@H](C)O)=CC1=CC(=O)[C@]3(C)OC2=O. The van der Waals surface area contributed by atoms with E-state index in [4.69, 9.17) is 14.2 Å². The molecule has 0 aromatic heterocycles. The Hall–Kier alpha value is -2.25. The molecule has 2 fully saturated rings. The van der Waals surface area contributed by atoms with Gasteiger partial charge in [0.25, 0.3) is 5.60 Å². The molecule has 4 rings (SSSR count). The number of esters is 1. The third-order valence-corrected chi connectivity index (χ3v) is 7.00. The van der Waals surface area contributed by atoms with E-state index in [2.05, 4.69) is 6.92 Å². The van der Waals surface area contributed by atoms with Gasteiger partial charge in [0.05, 0.1) is 12.4 Å². The summed E-state index contributed by atoms with van der Waals surface area (Å²) in [6.45, 7) is 5.32. The van der Waals surface area contributed by atoms with Crippen molar-refractivity contribution in [1.29, 1.82) is 0 Å². The van der Waals surface area contributed by atoms with Crippen molar-refractivity contribution in [2.75, 3.05) is 0 Å². The number of hydrogen-bond acceptors (Lipinski definition) is 7. The highest BCUT2D eigenvalue weighted by Gasteiger charge is 2.95. The Labute approximate surface area is 188 Å². The van der Waals surface area contributed by atoms with Crippen molar-refractivity contribution in [2.45, 2.75) is 101 Å². The normalized spacial score (nSPS) is 33.1. The van der Waals surface area contributed by atoms with Gasteiger partial charge in [0, 0.05) is 18.4 Å². The molecule has 174 valence electrons. The van der Waals surface area contributed by atoms with Crippen molar-refractivity contribution in [2.24, 2.45) is 0 Å². The molecule has 7 heteroatoms. The van der Waals surface area contributed by atoms with Gasteiger partial charge in [-0.25, -0.2) is 4.79 Å². The zero-order valence-corrected chi connectivity index (χ0v) is 19.1. The summed E-state index contributed by atoms with van der Waals surface area (Å²) >= 11 is 0. The topological polar surface area (TPSA) is 102 Å². The zero-order valence-electron chi connectivity index (χ0n) is 19.1. The minimum Gasteiger partial charge on any atom is -0.469 e. The fourth-order valence-electron chi connectivity index (χ4n) is 5.23. The number of ketones is 2. The van der Waals surface area contributed by atoms with Crippen molar-refractivity contribution in [1.82, 2.24) is 0 Å². The van der Waals surface area contributed by atoms with Crippen LogP contribution in [-0.2, 0) is 28.6 Å². The van der Waals surface area contributed by atoms with Crippen molar-refractivity contribution >= 4 is 17.5 Å². The molecule has 0 aromatic rings. The smallest absolute Gasteiger partial charge is 0.351 e. The van der Waals surface area contributed by atoms with Gasteiger partial charge < -0.3 is 19.3 Å². The summed E-state index contributed by atoms with van der Waals surface area (Å²) in [5, 5.41) is 9.65. The number of allylic oxidation sites excluding steroid dienone is 1. The number of hydrogen-bond donors (Lipinski definition) is 1. The van der Waals surface area contributed by atoms with Gasteiger partial charge in [-0.3, -0.25) is 9.59 Å². The molecule has 4 atom stereocenters. The minimum absolute atomic E-state index is 0.200. The summed E-state index contributed by atoms with van der Waals surface area (Å²) in [6, 6.07) is 0. The number of unbranched alkanes of at least 4 members (excludes halogenated alkanes) is 6. The lowest BCUT2D eigenvalue weighted by atomic mass is 9.67. The Kier molecular flexibility index (Phi) is 5.92.